The van der Waals surface area contributed by atoms with Crippen LogP contribution in [0.15, 0.2) is 42.6 Å². The Kier molecular flexibility index (Phi) is 3.92. The molecule has 0 aliphatic carbocycles. The molecule has 0 aliphatic rings. The molecule has 0 atom stereocenters. The maximum Gasteiger partial charge on any atom is 0.357 e. The van der Waals surface area contributed by atoms with Crippen molar-refractivity contribution in [3.05, 3.63) is 58.3 Å². The Hall–Kier alpha value is -2.63. The monoisotopic (exact) mass is 260 g/mol. The molecule has 0 amide bonds. The number of nitrogens with zero attached hydrogens (tertiary/aromatic N) is 1. The number of aromatic nitrogens is 1. The molecule has 0 spiro atoms. The van der Waals surface area contributed by atoms with Gasteiger partial charge in [0.1, 0.15) is 12.3 Å². The van der Waals surface area contributed by atoms with Crippen molar-refractivity contribution in [2.24, 2.45) is 0 Å². The minimum Gasteiger partial charge on any atom is -0.497 e. The van der Waals surface area contributed by atoms with E-state index in [-0.39, 0.29) is 5.69 Å². The molecule has 0 aliphatic heterocycles. The summed E-state index contributed by atoms with van der Waals surface area (Å²) in [6.45, 7) is 0.471. The highest BCUT2D eigenvalue weighted by Crippen LogP contribution is 2.19. The highest BCUT2D eigenvalue weighted by molar-refractivity contribution is 5.51. The number of rotatable bonds is 5. The first-order chi connectivity index (χ1) is 9.20. The standard InChI is InChI=1S/C13H13N3O3/c1-19-11-5-2-4-10(8-11)9-15-13-12(16(17)18)6-3-7-14-13/h2-8H,9H2,1H3,(H,14,15)/p+1. The molecule has 0 radical (unpaired) electrons. The predicted octanol–water partition coefficient (Wildman–Crippen LogP) is 2.03. The maximum atomic E-state index is 10.9. The van der Waals surface area contributed by atoms with Crippen LogP contribution in [0, 0.1) is 10.1 Å². The molecule has 6 nitrogen and oxygen atoms in total. The van der Waals surface area contributed by atoms with Crippen LogP contribution in [0.3, 0.4) is 0 Å². The van der Waals surface area contributed by atoms with Gasteiger partial charge in [0.15, 0.2) is 0 Å². The summed E-state index contributed by atoms with van der Waals surface area (Å²) >= 11 is 0. The second kappa shape index (κ2) is 5.81. The summed E-state index contributed by atoms with van der Waals surface area (Å²) in [5, 5.41) is 13.9. The number of pyridine rings is 1. The summed E-state index contributed by atoms with van der Waals surface area (Å²) in [7, 11) is 1.60. The van der Waals surface area contributed by atoms with Gasteiger partial charge in [-0.2, -0.15) is 0 Å². The zero-order chi connectivity index (χ0) is 13.7. The molecule has 1 aromatic heterocycles. The summed E-state index contributed by atoms with van der Waals surface area (Å²) in [6.07, 6.45) is 1.64. The molecular weight excluding hydrogens is 246 g/mol. The van der Waals surface area contributed by atoms with Gasteiger partial charge in [0.2, 0.25) is 0 Å². The number of H-pyrrole nitrogens is 1. The number of anilines is 1. The van der Waals surface area contributed by atoms with E-state index in [2.05, 4.69) is 10.3 Å². The largest absolute Gasteiger partial charge is 0.497 e. The number of ether oxygens (including phenoxy) is 1. The average Bonchev–Trinajstić information content (AvgIpc) is 2.45. The molecule has 0 unspecified atom stereocenters. The molecule has 0 fully saturated rings. The number of hydrogen-bond acceptors (Lipinski definition) is 4. The second-order valence-electron chi connectivity index (χ2n) is 3.89. The number of benzene rings is 1. The van der Waals surface area contributed by atoms with Gasteiger partial charge in [-0.05, 0) is 23.8 Å². The third-order valence-corrected chi connectivity index (χ3v) is 2.63. The van der Waals surface area contributed by atoms with Crippen LogP contribution in [-0.2, 0) is 6.54 Å². The summed E-state index contributed by atoms with van der Waals surface area (Å²) in [5.41, 5.74) is 0.997. The van der Waals surface area contributed by atoms with Gasteiger partial charge < -0.3 is 4.74 Å². The topological polar surface area (TPSA) is 78.5 Å². The molecule has 98 valence electrons. The van der Waals surface area contributed by atoms with E-state index < -0.39 is 4.92 Å². The molecular formula is C13H14N3O3+. The number of nitrogens with one attached hydrogen (secondary N) is 2. The minimum absolute atomic E-state index is 0.0189. The number of nitro groups is 1. The normalized spacial score (nSPS) is 9.95. The van der Waals surface area contributed by atoms with Crippen molar-refractivity contribution >= 4 is 11.5 Å². The molecule has 6 heteroatoms. The third kappa shape index (κ3) is 3.19. The molecule has 0 bridgehead atoms. The van der Waals surface area contributed by atoms with Gasteiger partial charge in [-0.1, -0.05) is 12.1 Å². The number of hydrogen-bond donors (Lipinski definition) is 1. The zero-order valence-corrected chi connectivity index (χ0v) is 10.4. The van der Waals surface area contributed by atoms with E-state index in [0.29, 0.717) is 12.4 Å². The quantitative estimate of drug-likeness (QED) is 0.659. The molecule has 2 N–H and O–H groups in total. The van der Waals surface area contributed by atoms with Gasteiger partial charge in [0, 0.05) is 6.07 Å². The highest BCUT2D eigenvalue weighted by Gasteiger charge is 2.19. The Morgan fingerprint density at radius 3 is 2.95 bits per heavy atom. The fraction of sp³-hybridized carbons (Fsp3) is 0.154. The first-order valence-electron chi connectivity index (χ1n) is 5.72. The zero-order valence-electron chi connectivity index (χ0n) is 10.4. The first kappa shape index (κ1) is 12.8. The Morgan fingerprint density at radius 2 is 2.21 bits per heavy atom. The van der Waals surface area contributed by atoms with Crippen molar-refractivity contribution in [1.29, 1.82) is 0 Å². The van der Waals surface area contributed by atoms with Gasteiger partial charge in [-0.3, -0.25) is 15.4 Å². The van der Waals surface area contributed by atoms with Crippen LogP contribution in [0.2, 0.25) is 0 Å². The van der Waals surface area contributed by atoms with E-state index in [1.807, 2.05) is 24.3 Å². The maximum absolute atomic E-state index is 10.9. The second-order valence-corrected chi connectivity index (χ2v) is 3.89. The Balaban J connectivity index is 2.12. The van der Waals surface area contributed by atoms with Crippen LogP contribution in [0.5, 0.6) is 5.75 Å². The molecule has 0 saturated carbocycles. The van der Waals surface area contributed by atoms with E-state index >= 15 is 0 Å². The van der Waals surface area contributed by atoms with Crippen molar-refractivity contribution < 1.29 is 14.6 Å². The molecule has 19 heavy (non-hydrogen) atoms. The van der Waals surface area contributed by atoms with E-state index in [9.17, 15) is 10.1 Å². The smallest absolute Gasteiger partial charge is 0.357 e. The van der Waals surface area contributed by atoms with Crippen molar-refractivity contribution in [1.82, 2.24) is 0 Å². The summed E-state index contributed by atoms with van der Waals surface area (Å²) < 4.78 is 5.13. The summed E-state index contributed by atoms with van der Waals surface area (Å²) in [4.78, 5) is 13.3. The Labute approximate surface area is 110 Å². The average molecular weight is 260 g/mol. The van der Waals surface area contributed by atoms with Crippen molar-refractivity contribution in [2.75, 3.05) is 12.4 Å². The van der Waals surface area contributed by atoms with Crippen molar-refractivity contribution in [3.8, 4) is 5.75 Å². The van der Waals surface area contributed by atoms with E-state index in [1.54, 1.807) is 19.4 Å². The van der Waals surface area contributed by atoms with Crippen LogP contribution >= 0.6 is 0 Å². The minimum atomic E-state index is -0.426. The van der Waals surface area contributed by atoms with Crippen LogP contribution in [0.25, 0.3) is 0 Å². The van der Waals surface area contributed by atoms with Crippen LogP contribution < -0.4 is 15.0 Å². The SMILES string of the molecule is COc1cccc(CNc2[nH+]cccc2[N+](=O)[O-])c1. The van der Waals surface area contributed by atoms with Crippen molar-refractivity contribution in [3.63, 3.8) is 0 Å². The third-order valence-electron chi connectivity index (χ3n) is 2.63. The van der Waals surface area contributed by atoms with Gasteiger partial charge in [-0.25, -0.2) is 4.98 Å². The Bertz CT molecular complexity index is 587. The molecule has 2 aromatic rings. The molecule has 0 saturated heterocycles. The molecule has 1 heterocycles. The fourth-order valence-electron chi connectivity index (χ4n) is 1.69. The predicted molar refractivity (Wildman–Crippen MR) is 70.0 cm³/mol. The summed E-state index contributed by atoms with van der Waals surface area (Å²) in [6, 6.07) is 10.6. The van der Waals surface area contributed by atoms with Gasteiger partial charge in [0.25, 0.3) is 0 Å². The van der Waals surface area contributed by atoms with Crippen LogP contribution in [0.4, 0.5) is 11.5 Å². The van der Waals surface area contributed by atoms with E-state index in [1.165, 1.54) is 6.07 Å². The first-order valence-corrected chi connectivity index (χ1v) is 5.72. The number of methoxy groups -OCH3 is 1. The lowest BCUT2D eigenvalue weighted by molar-refractivity contribution is -0.409. The van der Waals surface area contributed by atoms with Gasteiger partial charge in [-0.15, -0.1) is 0 Å². The molecule has 2 rings (SSSR count). The van der Waals surface area contributed by atoms with E-state index in [0.717, 1.165) is 11.3 Å². The lowest BCUT2D eigenvalue weighted by Gasteiger charge is -2.03. The lowest BCUT2D eigenvalue weighted by Crippen LogP contribution is -2.14. The lowest BCUT2D eigenvalue weighted by atomic mass is 10.2. The van der Waals surface area contributed by atoms with Crippen LogP contribution in [-0.4, -0.2) is 12.0 Å². The highest BCUT2D eigenvalue weighted by atomic mass is 16.6. The molecule has 1 aromatic carbocycles. The van der Waals surface area contributed by atoms with E-state index in [4.69, 9.17) is 4.74 Å². The van der Waals surface area contributed by atoms with Crippen LogP contribution in [0.1, 0.15) is 5.56 Å². The number of aromatic amines is 1. The van der Waals surface area contributed by atoms with Crippen molar-refractivity contribution in [2.45, 2.75) is 6.54 Å². The van der Waals surface area contributed by atoms with Gasteiger partial charge >= 0.3 is 11.5 Å². The Morgan fingerprint density at radius 1 is 1.37 bits per heavy atom. The van der Waals surface area contributed by atoms with Gasteiger partial charge in [0.05, 0.1) is 18.2 Å². The summed E-state index contributed by atoms with van der Waals surface area (Å²) in [5.74, 6) is 1.14. The fourth-order valence-corrected chi connectivity index (χ4v) is 1.69.